The maximum Gasteiger partial charge on any atom is 0.260 e. The summed E-state index contributed by atoms with van der Waals surface area (Å²) >= 11 is 3.43. The van der Waals surface area contributed by atoms with Gasteiger partial charge in [0.2, 0.25) is 0 Å². The number of carbonyl (C=O) groups excluding carboxylic acids is 1. The number of ether oxygens (including phenoxy) is 1. The molecule has 0 heterocycles. The highest BCUT2D eigenvalue weighted by Crippen LogP contribution is 2.25. The predicted molar refractivity (Wildman–Crippen MR) is 78.2 cm³/mol. The number of amides is 1. The van der Waals surface area contributed by atoms with E-state index < -0.39 is 6.10 Å². The number of benzene rings is 1. The number of carbonyl (C=O) groups is 1. The quantitative estimate of drug-likeness (QED) is 0.840. The lowest BCUT2D eigenvalue weighted by molar-refractivity contribution is -0.127. The molecule has 5 heteroatoms. The number of rotatable bonds is 6. The van der Waals surface area contributed by atoms with Gasteiger partial charge in [-0.15, -0.1) is 0 Å². The molecule has 0 aromatic heterocycles. The summed E-state index contributed by atoms with van der Waals surface area (Å²) in [5.74, 6) is 0.677. The van der Waals surface area contributed by atoms with E-state index in [4.69, 9.17) is 10.5 Å². The van der Waals surface area contributed by atoms with Crippen LogP contribution in [0.4, 0.5) is 0 Å². The van der Waals surface area contributed by atoms with Gasteiger partial charge >= 0.3 is 0 Å². The number of hydrogen-bond donors (Lipinski definition) is 2. The Morgan fingerprint density at radius 2 is 2.32 bits per heavy atom. The molecule has 1 aliphatic carbocycles. The van der Waals surface area contributed by atoms with Crippen LogP contribution in [-0.2, 0) is 11.2 Å². The summed E-state index contributed by atoms with van der Waals surface area (Å²) in [4.78, 5) is 11.9. The van der Waals surface area contributed by atoms with Gasteiger partial charge in [-0.25, -0.2) is 0 Å². The van der Waals surface area contributed by atoms with Crippen LogP contribution in [0.2, 0.25) is 0 Å². The molecule has 1 amide bonds. The zero-order valence-corrected chi connectivity index (χ0v) is 12.6. The summed E-state index contributed by atoms with van der Waals surface area (Å²) in [5, 5.41) is 2.94. The molecule has 4 nitrogen and oxygen atoms in total. The molecule has 1 unspecified atom stereocenters. The highest BCUT2D eigenvalue weighted by Gasteiger charge is 2.26. The molecule has 1 atom stereocenters. The van der Waals surface area contributed by atoms with Crippen LogP contribution in [0, 0.1) is 0 Å². The van der Waals surface area contributed by atoms with Gasteiger partial charge in [0.15, 0.2) is 6.10 Å². The molecule has 104 valence electrons. The third-order valence-electron chi connectivity index (χ3n) is 3.03. The van der Waals surface area contributed by atoms with Crippen LogP contribution in [-0.4, -0.2) is 24.6 Å². The van der Waals surface area contributed by atoms with E-state index >= 15 is 0 Å². The van der Waals surface area contributed by atoms with Crippen LogP contribution < -0.4 is 15.8 Å². The molecule has 0 spiro atoms. The third kappa shape index (κ3) is 4.21. The van der Waals surface area contributed by atoms with E-state index in [1.165, 1.54) is 0 Å². The van der Waals surface area contributed by atoms with E-state index in [1.807, 2.05) is 18.2 Å². The fraction of sp³-hybridized carbons (Fsp3) is 0.500. The van der Waals surface area contributed by atoms with E-state index in [0.29, 0.717) is 12.6 Å². The molecule has 1 aromatic rings. The van der Waals surface area contributed by atoms with Crippen LogP contribution in [0.15, 0.2) is 22.7 Å². The fourth-order valence-corrected chi connectivity index (χ4v) is 2.21. The molecular weight excluding hydrogens is 308 g/mol. The van der Waals surface area contributed by atoms with Gasteiger partial charge in [0, 0.05) is 10.5 Å². The van der Waals surface area contributed by atoms with Crippen LogP contribution in [0.1, 0.15) is 25.3 Å². The Balaban J connectivity index is 2.01. The van der Waals surface area contributed by atoms with Gasteiger partial charge < -0.3 is 15.8 Å². The second kappa shape index (κ2) is 6.39. The van der Waals surface area contributed by atoms with E-state index in [9.17, 15) is 4.79 Å². The molecule has 2 rings (SSSR count). The van der Waals surface area contributed by atoms with Crippen LogP contribution >= 0.6 is 15.9 Å². The molecule has 1 saturated carbocycles. The number of nitrogens with two attached hydrogens (primary N) is 1. The number of nitrogens with one attached hydrogen (secondary N) is 1. The van der Waals surface area contributed by atoms with Crippen LogP contribution in [0.5, 0.6) is 5.75 Å². The summed E-state index contributed by atoms with van der Waals surface area (Å²) in [5.41, 5.74) is 6.61. The predicted octanol–water partition coefficient (Wildman–Crippen LogP) is 2.00. The molecule has 3 N–H and O–H groups in total. The van der Waals surface area contributed by atoms with E-state index in [2.05, 4.69) is 21.2 Å². The molecule has 0 aliphatic heterocycles. The first-order valence-corrected chi connectivity index (χ1v) is 7.35. The van der Waals surface area contributed by atoms with Crippen molar-refractivity contribution in [2.45, 2.75) is 38.3 Å². The standard InChI is InChI=1S/C14H19BrN2O2/c1-9(14(18)17-12-3-4-12)19-13-5-2-11(15)8-10(13)6-7-16/h2,5,8-9,12H,3-4,6-7,16H2,1H3,(H,17,18). The van der Waals surface area contributed by atoms with Crippen LogP contribution in [0.25, 0.3) is 0 Å². The average molecular weight is 327 g/mol. The van der Waals surface area contributed by atoms with Crippen molar-refractivity contribution >= 4 is 21.8 Å². The highest BCUT2D eigenvalue weighted by atomic mass is 79.9. The molecule has 1 aromatic carbocycles. The Hall–Kier alpha value is -1.07. The molecule has 1 aliphatic rings. The summed E-state index contributed by atoms with van der Waals surface area (Å²) in [6, 6.07) is 6.11. The first kappa shape index (κ1) is 14.3. The van der Waals surface area contributed by atoms with Gasteiger partial charge in [0.25, 0.3) is 5.91 Å². The lowest BCUT2D eigenvalue weighted by Gasteiger charge is -2.17. The van der Waals surface area contributed by atoms with Crippen molar-refractivity contribution in [3.63, 3.8) is 0 Å². The molecule has 0 bridgehead atoms. The van der Waals surface area contributed by atoms with Crippen molar-refractivity contribution in [3.8, 4) is 5.75 Å². The average Bonchev–Trinajstić information content (AvgIpc) is 3.16. The molecule has 0 radical (unpaired) electrons. The van der Waals surface area contributed by atoms with Crippen molar-refractivity contribution in [1.29, 1.82) is 0 Å². The monoisotopic (exact) mass is 326 g/mol. The normalized spacial score (nSPS) is 15.9. The minimum atomic E-state index is -0.488. The summed E-state index contributed by atoms with van der Waals surface area (Å²) in [6.45, 7) is 2.32. The molecule has 0 saturated heterocycles. The summed E-state index contributed by atoms with van der Waals surface area (Å²) in [7, 11) is 0. The minimum absolute atomic E-state index is 0.0517. The largest absolute Gasteiger partial charge is 0.481 e. The fourth-order valence-electron chi connectivity index (χ4n) is 1.80. The van der Waals surface area contributed by atoms with Gasteiger partial charge in [-0.05, 0) is 56.5 Å². The molecular formula is C14H19BrN2O2. The Morgan fingerprint density at radius 3 is 2.95 bits per heavy atom. The Kier molecular flexibility index (Phi) is 4.82. The molecule has 1 fully saturated rings. The third-order valence-corrected chi connectivity index (χ3v) is 3.53. The van der Waals surface area contributed by atoms with E-state index in [1.54, 1.807) is 6.92 Å². The first-order chi connectivity index (χ1) is 9.10. The zero-order chi connectivity index (χ0) is 13.8. The van der Waals surface area contributed by atoms with Gasteiger partial charge in [-0.3, -0.25) is 4.79 Å². The highest BCUT2D eigenvalue weighted by molar-refractivity contribution is 9.10. The molecule has 19 heavy (non-hydrogen) atoms. The van der Waals surface area contributed by atoms with Crippen molar-refractivity contribution in [2.24, 2.45) is 5.73 Å². The SMILES string of the molecule is CC(Oc1ccc(Br)cc1CCN)C(=O)NC1CC1. The maximum atomic E-state index is 11.9. The van der Waals surface area contributed by atoms with Crippen molar-refractivity contribution in [3.05, 3.63) is 28.2 Å². The lowest BCUT2D eigenvalue weighted by atomic mass is 10.1. The minimum Gasteiger partial charge on any atom is -0.481 e. The van der Waals surface area contributed by atoms with Crippen molar-refractivity contribution in [1.82, 2.24) is 5.32 Å². The summed E-state index contributed by atoms with van der Waals surface area (Å²) in [6.07, 6.45) is 2.40. The second-order valence-corrected chi connectivity index (χ2v) is 5.75. The lowest BCUT2D eigenvalue weighted by Crippen LogP contribution is -2.37. The van der Waals surface area contributed by atoms with Gasteiger partial charge in [-0.1, -0.05) is 15.9 Å². The Labute approximate surface area is 121 Å². The van der Waals surface area contributed by atoms with Gasteiger partial charge in [0.1, 0.15) is 5.75 Å². The van der Waals surface area contributed by atoms with Gasteiger partial charge in [0.05, 0.1) is 0 Å². The maximum absolute atomic E-state index is 11.9. The number of hydrogen-bond acceptors (Lipinski definition) is 3. The summed E-state index contributed by atoms with van der Waals surface area (Å²) < 4.78 is 6.74. The van der Waals surface area contributed by atoms with Crippen molar-refractivity contribution in [2.75, 3.05) is 6.54 Å². The second-order valence-electron chi connectivity index (χ2n) is 4.83. The van der Waals surface area contributed by atoms with E-state index in [0.717, 1.165) is 35.0 Å². The van der Waals surface area contributed by atoms with E-state index in [-0.39, 0.29) is 5.91 Å². The number of halogens is 1. The zero-order valence-electron chi connectivity index (χ0n) is 11.0. The van der Waals surface area contributed by atoms with Gasteiger partial charge in [-0.2, -0.15) is 0 Å². The Morgan fingerprint density at radius 1 is 1.58 bits per heavy atom. The Bertz CT molecular complexity index is 461. The van der Waals surface area contributed by atoms with Crippen LogP contribution in [0.3, 0.4) is 0 Å². The topological polar surface area (TPSA) is 64.3 Å². The van der Waals surface area contributed by atoms with Crippen molar-refractivity contribution < 1.29 is 9.53 Å². The first-order valence-electron chi connectivity index (χ1n) is 6.55. The smallest absolute Gasteiger partial charge is 0.260 e.